The van der Waals surface area contributed by atoms with Crippen molar-refractivity contribution in [3.8, 4) is 0 Å². The number of carbonyl (C=O) groups is 1. The minimum Gasteiger partial charge on any atom is -0.356 e. The van der Waals surface area contributed by atoms with Gasteiger partial charge < -0.3 is 10.2 Å². The van der Waals surface area contributed by atoms with Crippen molar-refractivity contribution in [1.82, 2.24) is 10.2 Å². The second kappa shape index (κ2) is 7.41. The zero-order chi connectivity index (χ0) is 11.8. The highest BCUT2D eigenvalue weighted by atomic mass is 32.1. The lowest BCUT2D eigenvalue weighted by molar-refractivity contribution is -0.120. The van der Waals surface area contributed by atoms with E-state index in [0.717, 1.165) is 30.8 Å². The average Bonchev–Trinajstić information content (AvgIpc) is 2.69. The third kappa shape index (κ3) is 5.88. The molecule has 0 fully saturated rings. The summed E-state index contributed by atoms with van der Waals surface area (Å²) in [5.41, 5.74) is 0. The summed E-state index contributed by atoms with van der Waals surface area (Å²) < 4.78 is 0. The van der Waals surface area contributed by atoms with Crippen LogP contribution in [0.15, 0.2) is 17.5 Å². The van der Waals surface area contributed by atoms with Crippen molar-refractivity contribution in [2.75, 3.05) is 27.2 Å². The number of nitrogens with zero attached hydrogens (tertiary/aromatic N) is 1. The molecule has 1 N–H and O–H groups in total. The van der Waals surface area contributed by atoms with Crippen molar-refractivity contribution in [3.05, 3.63) is 22.4 Å². The lowest BCUT2D eigenvalue weighted by atomic mass is 10.3. The average molecular weight is 240 g/mol. The van der Waals surface area contributed by atoms with Crippen molar-refractivity contribution in [1.29, 1.82) is 0 Å². The molecule has 3 nitrogen and oxygen atoms in total. The minimum atomic E-state index is 0.132. The van der Waals surface area contributed by atoms with E-state index < -0.39 is 0 Å². The van der Waals surface area contributed by atoms with Gasteiger partial charge in [0, 0.05) is 11.4 Å². The van der Waals surface area contributed by atoms with E-state index in [-0.39, 0.29) is 5.91 Å². The number of carbonyl (C=O) groups excluding carboxylic acids is 1. The number of unbranched alkanes of at least 4 members (excludes halogenated alkanes) is 1. The van der Waals surface area contributed by atoms with E-state index in [2.05, 4.69) is 24.3 Å². The third-order valence-electron chi connectivity index (χ3n) is 2.27. The number of rotatable bonds is 7. The van der Waals surface area contributed by atoms with Gasteiger partial charge in [-0.2, -0.15) is 0 Å². The van der Waals surface area contributed by atoms with E-state index in [1.807, 2.05) is 17.5 Å². The first kappa shape index (κ1) is 13.2. The Hall–Kier alpha value is -0.870. The molecule has 0 bridgehead atoms. The molecule has 0 aromatic carbocycles. The van der Waals surface area contributed by atoms with Crippen LogP contribution in [0.3, 0.4) is 0 Å². The summed E-state index contributed by atoms with van der Waals surface area (Å²) in [5.74, 6) is 0.132. The molecule has 1 amide bonds. The van der Waals surface area contributed by atoms with Crippen LogP contribution in [0.1, 0.15) is 17.7 Å². The number of nitrogens with one attached hydrogen (secondary N) is 1. The maximum absolute atomic E-state index is 11.5. The zero-order valence-electron chi connectivity index (χ0n) is 10.0. The van der Waals surface area contributed by atoms with Gasteiger partial charge in [0.2, 0.25) is 5.91 Å². The molecule has 0 spiro atoms. The Morgan fingerprint density at radius 3 is 2.88 bits per heavy atom. The van der Waals surface area contributed by atoms with Gasteiger partial charge in [0.15, 0.2) is 0 Å². The lowest BCUT2D eigenvalue weighted by Gasteiger charge is -2.09. The fraction of sp³-hybridized carbons (Fsp3) is 0.583. The molecule has 0 unspecified atom stereocenters. The molecule has 1 rings (SSSR count). The molecule has 0 aliphatic carbocycles. The number of thiophene rings is 1. The van der Waals surface area contributed by atoms with Gasteiger partial charge in [0.25, 0.3) is 0 Å². The molecular weight excluding hydrogens is 220 g/mol. The van der Waals surface area contributed by atoms with E-state index in [1.54, 1.807) is 11.3 Å². The largest absolute Gasteiger partial charge is 0.356 e. The SMILES string of the molecule is CN(C)CCCCNC(=O)Cc1cccs1. The van der Waals surface area contributed by atoms with Gasteiger partial charge in [-0.25, -0.2) is 0 Å². The van der Waals surface area contributed by atoms with Crippen LogP contribution in [0.5, 0.6) is 0 Å². The van der Waals surface area contributed by atoms with Gasteiger partial charge in [-0.3, -0.25) is 4.79 Å². The summed E-state index contributed by atoms with van der Waals surface area (Å²) in [5, 5.41) is 4.94. The first-order valence-corrected chi connectivity index (χ1v) is 6.50. The fourth-order valence-corrected chi connectivity index (χ4v) is 2.12. The maximum Gasteiger partial charge on any atom is 0.225 e. The van der Waals surface area contributed by atoms with Crippen LogP contribution in [0.4, 0.5) is 0 Å². The van der Waals surface area contributed by atoms with Gasteiger partial charge in [0.05, 0.1) is 6.42 Å². The highest BCUT2D eigenvalue weighted by molar-refractivity contribution is 7.10. The first-order chi connectivity index (χ1) is 7.68. The normalized spacial score (nSPS) is 10.7. The van der Waals surface area contributed by atoms with Crippen LogP contribution >= 0.6 is 11.3 Å². The molecule has 90 valence electrons. The van der Waals surface area contributed by atoms with Crippen LogP contribution in [-0.2, 0) is 11.2 Å². The van der Waals surface area contributed by atoms with Crippen molar-refractivity contribution in [2.24, 2.45) is 0 Å². The lowest BCUT2D eigenvalue weighted by Crippen LogP contribution is -2.26. The summed E-state index contributed by atoms with van der Waals surface area (Å²) in [4.78, 5) is 14.8. The second-order valence-corrected chi connectivity index (χ2v) is 5.15. The molecule has 1 aromatic rings. The highest BCUT2D eigenvalue weighted by Gasteiger charge is 2.02. The summed E-state index contributed by atoms with van der Waals surface area (Å²) in [7, 11) is 4.13. The summed E-state index contributed by atoms with van der Waals surface area (Å²) >= 11 is 1.63. The second-order valence-electron chi connectivity index (χ2n) is 4.12. The van der Waals surface area contributed by atoms with Gasteiger partial charge in [0.1, 0.15) is 0 Å². The van der Waals surface area contributed by atoms with Gasteiger partial charge in [-0.15, -0.1) is 11.3 Å². The van der Waals surface area contributed by atoms with E-state index in [1.165, 1.54) is 0 Å². The van der Waals surface area contributed by atoms with E-state index in [0.29, 0.717) is 6.42 Å². The molecule has 0 atom stereocenters. The predicted molar refractivity (Wildman–Crippen MR) is 68.8 cm³/mol. The smallest absolute Gasteiger partial charge is 0.225 e. The highest BCUT2D eigenvalue weighted by Crippen LogP contribution is 2.08. The Kier molecular flexibility index (Phi) is 6.11. The maximum atomic E-state index is 11.5. The molecule has 0 aliphatic heterocycles. The number of amides is 1. The molecule has 0 saturated heterocycles. The monoisotopic (exact) mass is 240 g/mol. The van der Waals surface area contributed by atoms with Crippen LogP contribution in [0.25, 0.3) is 0 Å². The molecule has 0 aliphatic rings. The summed E-state index contributed by atoms with van der Waals surface area (Å²) in [6, 6.07) is 3.97. The minimum absolute atomic E-state index is 0.132. The predicted octanol–water partition coefficient (Wildman–Crippen LogP) is 1.75. The van der Waals surface area contributed by atoms with Crippen LogP contribution in [0, 0.1) is 0 Å². The Morgan fingerprint density at radius 2 is 2.25 bits per heavy atom. The molecule has 0 radical (unpaired) electrons. The Labute approximate surface area is 101 Å². The molecular formula is C12H20N2OS. The van der Waals surface area contributed by atoms with Crippen LogP contribution in [-0.4, -0.2) is 38.0 Å². The Morgan fingerprint density at radius 1 is 1.44 bits per heavy atom. The van der Waals surface area contributed by atoms with Crippen molar-refractivity contribution in [3.63, 3.8) is 0 Å². The van der Waals surface area contributed by atoms with E-state index in [9.17, 15) is 4.79 Å². The van der Waals surface area contributed by atoms with Gasteiger partial charge in [-0.1, -0.05) is 6.07 Å². The summed E-state index contributed by atoms with van der Waals surface area (Å²) in [6.07, 6.45) is 2.70. The molecule has 4 heteroatoms. The molecule has 16 heavy (non-hydrogen) atoms. The quantitative estimate of drug-likeness (QED) is 0.736. The Bertz CT molecular complexity index is 296. The van der Waals surface area contributed by atoms with Crippen molar-refractivity contribution in [2.45, 2.75) is 19.3 Å². The van der Waals surface area contributed by atoms with Crippen molar-refractivity contribution < 1.29 is 4.79 Å². The zero-order valence-corrected chi connectivity index (χ0v) is 10.8. The third-order valence-corrected chi connectivity index (χ3v) is 3.15. The molecule has 0 saturated carbocycles. The standard InChI is InChI=1S/C12H20N2OS/c1-14(2)8-4-3-7-13-12(15)10-11-6-5-9-16-11/h5-6,9H,3-4,7-8,10H2,1-2H3,(H,13,15). The number of hydrogen-bond donors (Lipinski definition) is 1. The number of hydrogen-bond acceptors (Lipinski definition) is 3. The van der Waals surface area contributed by atoms with E-state index >= 15 is 0 Å². The first-order valence-electron chi connectivity index (χ1n) is 5.62. The fourth-order valence-electron chi connectivity index (χ4n) is 1.41. The van der Waals surface area contributed by atoms with Crippen LogP contribution in [0.2, 0.25) is 0 Å². The topological polar surface area (TPSA) is 32.3 Å². The van der Waals surface area contributed by atoms with Gasteiger partial charge >= 0.3 is 0 Å². The molecule has 1 heterocycles. The molecule has 1 aromatic heterocycles. The van der Waals surface area contributed by atoms with Crippen LogP contribution < -0.4 is 5.32 Å². The Balaban J connectivity index is 2.03. The van der Waals surface area contributed by atoms with Crippen molar-refractivity contribution >= 4 is 17.2 Å². The van der Waals surface area contributed by atoms with E-state index in [4.69, 9.17) is 0 Å². The summed E-state index contributed by atoms with van der Waals surface area (Å²) in [6.45, 7) is 1.87. The van der Waals surface area contributed by atoms with Gasteiger partial charge in [-0.05, 0) is 44.9 Å².